The fourth-order valence-electron chi connectivity index (χ4n) is 5.72. The van der Waals surface area contributed by atoms with E-state index in [9.17, 15) is 0 Å². The summed E-state index contributed by atoms with van der Waals surface area (Å²) in [6, 6.07) is 33.0. The third-order valence-corrected chi connectivity index (χ3v) is 6.83. The third kappa shape index (κ3) is 1.53. The van der Waals surface area contributed by atoms with E-state index >= 15 is 0 Å². The maximum atomic E-state index is 3.77. The van der Waals surface area contributed by atoms with Gasteiger partial charge in [0.05, 0.1) is 22.1 Å². The predicted molar refractivity (Wildman–Crippen MR) is 128 cm³/mol. The molecule has 0 atom stereocenters. The topological polar surface area (TPSA) is 20.2 Å². The molecule has 3 heterocycles. The van der Waals surface area contributed by atoms with E-state index in [-0.39, 0.29) is 0 Å². The van der Waals surface area contributed by atoms with Gasteiger partial charge in [-0.05, 0) is 17.5 Å². The van der Waals surface area contributed by atoms with Crippen molar-refractivity contribution in [2.75, 3.05) is 0 Å². The smallest absolute Gasteiger partial charge is 0.0641 e. The first-order chi connectivity index (χ1) is 14.9. The van der Waals surface area contributed by atoms with Crippen LogP contribution in [0.3, 0.4) is 0 Å². The van der Waals surface area contributed by atoms with Crippen LogP contribution in [0.2, 0.25) is 0 Å². The Labute approximate surface area is 171 Å². The van der Waals surface area contributed by atoms with Gasteiger partial charge in [-0.2, -0.15) is 0 Å². The van der Waals surface area contributed by atoms with Gasteiger partial charge in [-0.25, -0.2) is 0 Å². The summed E-state index contributed by atoms with van der Waals surface area (Å²) in [5.74, 6) is 0. The van der Waals surface area contributed by atoms with Crippen LogP contribution in [0.15, 0.2) is 91.0 Å². The van der Waals surface area contributed by atoms with Crippen LogP contribution in [0.1, 0.15) is 0 Å². The SMILES string of the molecule is c1ccc2c(c1)[nH]c1c2c2ccccc2c2c1c1cccc3c4ccccc4n2c31. The van der Waals surface area contributed by atoms with Crippen LogP contribution in [-0.2, 0) is 0 Å². The standard InChI is InChI=1S/C28H16N2/c1-2-10-19-17(9-1)24-20-11-3-5-14-22(20)29-26(24)25-21-13-7-12-18-16-8-4-6-15-23(16)30(27(18)21)28(19)25/h1-15,29H. The Morgan fingerprint density at radius 1 is 0.467 bits per heavy atom. The van der Waals surface area contributed by atoms with Gasteiger partial charge in [0.15, 0.2) is 0 Å². The summed E-state index contributed by atoms with van der Waals surface area (Å²) in [6.07, 6.45) is 0. The highest BCUT2D eigenvalue weighted by molar-refractivity contribution is 6.38. The van der Waals surface area contributed by atoms with Gasteiger partial charge in [0.25, 0.3) is 0 Å². The molecule has 0 radical (unpaired) electrons. The van der Waals surface area contributed by atoms with Crippen molar-refractivity contribution in [3.8, 4) is 0 Å². The maximum absolute atomic E-state index is 3.77. The van der Waals surface area contributed by atoms with Crippen LogP contribution in [0, 0.1) is 0 Å². The quantitative estimate of drug-likeness (QED) is 0.279. The van der Waals surface area contributed by atoms with Gasteiger partial charge in [0.1, 0.15) is 0 Å². The zero-order valence-corrected chi connectivity index (χ0v) is 16.1. The normalized spacial score (nSPS) is 12.7. The van der Waals surface area contributed by atoms with Crippen molar-refractivity contribution in [3.05, 3.63) is 91.0 Å². The Balaban J connectivity index is 1.86. The largest absolute Gasteiger partial charge is 0.354 e. The molecule has 0 fully saturated rings. The molecule has 2 nitrogen and oxygen atoms in total. The summed E-state index contributed by atoms with van der Waals surface area (Å²) in [5.41, 5.74) is 6.34. The Bertz CT molecular complexity index is 1950. The van der Waals surface area contributed by atoms with Crippen molar-refractivity contribution < 1.29 is 0 Å². The van der Waals surface area contributed by atoms with Gasteiger partial charge in [0, 0.05) is 43.2 Å². The molecular formula is C28H16N2. The Morgan fingerprint density at radius 3 is 2.00 bits per heavy atom. The summed E-state index contributed by atoms with van der Waals surface area (Å²) in [6.45, 7) is 0. The number of nitrogens with zero attached hydrogens (tertiary/aromatic N) is 1. The van der Waals surface area contributed by atoms with Crippen molar-refractivity contribution >= 4 is 70.7 Å². The van der Waals surface area contributed by atoms with Gasteiger partial charge in [-0.15, -0.1) is 0 Å². The number of aromatic amines is 1. The molecule has 30 heavy (non-hydrogen) atoms. The average molecular weight is 380 g/mol. The molecule has 8 rings (SSSR count). The highest BCUT2D eigenvalue weighted by atomic mass is 14.9. The number of para-hydroxylation sites is 3. The molecule has 0 saturated heterocycles. The van der Waals surface area contributed by atoms with Crippen molar-refractivity contribution in [2.24, 2.45) is 0 Å². The summed E-state index contributed by atoms with van der Waals surface area (Å²) in [7, 11) is 0. The molecule has 3 aromatic heterocycles. The van der Waals surface area contributed by atoms with Gasteiger partial charge in [-0.3, -0.25) is 0 Å². The van der Waals surface area contributed by atoms with Gasteiger partial charge in [-0.1, -0.05) is 78.9 Å². The average Bonchev–Trinajstić information content (AvgIpc) is 3.46. The molecule has 0 aliphatic heterocycles. The first-order valence-corrected chi connectivity index (χ1v) is 10.4. The zero-order chi connectivity index (χ0) is 19.4. The molecule has 8 aromatic rings. The summed E-state index contributed by atoms with van der Waals surface area (Å²) >= 11 is 0. The zero-order valence-electron chi connectivity index (χ0n) is 16.1. The van der Waals surface area contributed by atoms with Gasteiger partial charge in [0.2, 0.25) is 0 Å². The number of rotatable bonds is 0. The number of aromatic nitrogens is 2. The molecule has 0 aliphatic rings. The maximum Gasteiger partial charge on any atom is 0.0641 e. The lowest BCUT2D eigenvalue weighted by molar-refractivity contribution is 1.38. The Kier molecular flexibility index (Phi) is 2.44. The molecule has 0 amide bonds. The molecule has 5 aromatic carbocycles. The molecule has 0 bridgehead atoms. The van der Waals surface area contributed by atoms with Crippen LogP contribution in [0.25, 0.3) is 70.7 Å². The van der Waals surface area contributed by atoms with E-state index in [1.54, 1.807) is 0 Å². The van der Waals surface area contributed by atoms with Crippen LogP contribution in [0.4, 0.5) is 0 Å². The predicted octanol–water partition coefficient (Wildman–Crippen LogP) is 7.62. The second kappa shape index (κ2) is 4.92. The number of H-pyrrole nitrogens is 1. The van der Waals surface area contributed by atoms with Crippen molar-refractivity contribution in [3.63, 3.8) is 0 Å². The third-order valence-electron chi connectivity index (χ3n) is 6.83. The molecule has 0 aliphatic carbocycles. The molecule has 1 N–H and O–H groups in total. The summed E-state index contributed by atoms with van der Waals surface area (Å²) in [5, 5.41) is 10.5. The number of benzene rings is 5. The Morgan fingerprint density at radius 2 is 1.10 bits per heavy atom. The van der Waals surface area contributed by atoms with E-state index in [4.69, 9.17) is 0 Å². The van der Waals surface area contributed by atoms with Gasteiger partial charge < -0.3 is 9.38 Å². The lowest BCUT2D eigenvalue weighted by Gasteiger charge is -2.06. The summed E-state index contributed by atoms with van der Waals surface area (Å²) in [4.78, 5) is 3.77. The minimum atomic E-state index is 1.19. The monoisotopic (exact) mass is 380 g/mol. The van der Waals surface area contributed by atoms with Crippen molar-refractivity contribution in [2.45, 2.75) is 0 Å². The first-order valence-electron chi connectivity index (χ1n) is 10.4. The fourth-order valence-corrected chi connectivity index (χ4v) is 5.72. The van der Waals surface area contributed by atoms with E-state index in [0.717, 1.165) is 0 Å². The molecule has 2 heteroatoms. The van der Waals surface area contributed by atoms with Crippen LogP contribution >= 0.6 is 0 Å². The van der Waals surface area contributed by atoms with E-state index in [1.165, 1.54) is 70.7 Å². The number of hydrogen-bond donors (Lipinski definition) is 1. The highest BCUT2D eigenvalue weighted by Gasteiger charge is 2.22. The molecule has 0 unspecified atom stereocenters. The lowest BCUT2D eigenvalue weighted by Crippen LogP contribution is -1.84. The first kappa shape index (κ1) is 14.9. The van der Waals surface area contributed by atoms with E-state index in [1.807, 2.05) is 0 Å². The second-order valence-corrected chi connectivity index (χ2v) is 8.24. The second-order valence-electron chi connectivity index (χ2n) is 8.24. The Hall–Kier alpha value is -4.04. The molecule has 138 valence electrons. The van der Waals surface area contributed by atoms with Gasteiger partial charge >= 0.3 is 0 Å². The van der Waals surface area contributed by atoms with Crippen molar-refractivity contribution in [1.29, 1.82) is 0 Å². The number of fused-ring (bicyclic) bond motifs is 13. The number of nitrogens with one attached hydrogen (secondary N) is 1. The minimum absolute atomic E-state index is 1.19. The van der Waals surface area contributed by atoms with Crippen LogP contribution in [-0.4, -0.2) is 9.38 Å². The molecular weight excluding hydrogens is 364 g/mol. The van der Waals surface area contributed by atoms with Crippen LogP contribution < -0.4 is 0 Å². The van der Waals surface area contributed by atoms with E-state index < -0.39 is 0 Å². The fraction of sp³-hybridized carbons (Fsp3) is 0. The van der Waals surface area contributed by atoms with E-state index in [2.05, 4.69) is 100 Å². The van der Waals surface area contributed by atoms with Crippen LogP contribution in [0.5, 0.6) is 0 Å². The minimum Gasteiger partial charge on any atom is -0.354 e. The molecule has 0 saturated carbocycles. The highest BCUT2D eigenvalue weighted by Crippen LogP contribution is 2.46. The number of hydrogen-bond acceptors (Lipinski definition) is 0. The molecule has 0 spiro atoms. The lowest BCUT2D eigenvalue weighted by atomic mass is 9.99. The van der Waals surface area contributed by atoms with Crippen molar-refractivity contribution in [1.82, 2.24) is 9.38 Å². The van der Waals surface area contributed by atoms with E-state index in [0.29, 0.717) is 0 Å². The summed E-state index contributed by atoms with van der Waals surface area (Å²) < 4.78 is 2.49.